The maximum atomic E-state index is 11.3. The molecule has 0 radical (unpaired) electrons. The van der Waals surface area contributed by atoms with E-state index in [4.69, 9.17) is 15.2 Å². The minimum atomic E-state index is -1.09. The summed E-state index contributed by atoms with van der Waals surface area (Å²) in [6.07, 6.45) is 1.37. The second-order valence-electron chi connectivity index (χ2n) is 8.00. The number of carbonyl (C=O) groups is 1. The summed E-state index contributed by atoms with van der Waals surface area (Å²) in [5.74, 6) is 1.99. The van der Waals surface area contributed by atoms with Crippen LogP contribution in [0.4, 0.5) is 10.6 Å². The minimum Gasteiger partial charge on any atom is -0.492 e. The van der Waals surface area contributed by atoms with Gasteiger partial charge in [-0.1, -0.05) is 19.9 Å². The van der Waals surface area contributed by atoms with E-state index in [0.29, 0.717) is 24.9 Å². The lowest BCUT2D eigenvalue weighted by atomic mass is 9.93. The molecule has 7 heteroatoms. The van der Waals surface area contributed by atoms with Gasteiger partial charge in [-0.05, 0) is 43.0 Å². The number of carboxylic acid groups (broad SMARTS) is 1. The van der Waals surface area contributed by atoms with Crippen molar-refractivity contribution >= 4 is 11.9 Å². The highest BCUT2D eigenvalue weighted by Gasteiger charge is 2.26. The van der Waals surface area contributed by atoms with Crippen LogP contribution in [0, 0.1) is 5.92 Å². The van der Waals surface area contributed by atoms with Crippen molar-refractivity contribution in [1.29, 1.82) is 0 Å². The highest BCUT2D eigenvalue weighted by molar-refractivity contribution is 5.90. The molecule has 3 rings (SSSR count). The number of hydrogen-bond donors (Lipinski definition) is 2. The van der Waals surface area contributed by atoms with E-state index in [-0.39, 0.29) is 5.82 Å². The molecule has 1 aliphatic heterocycles. The van der Waals surface area contributed by atoms with Crippen LogP contribution in [0.3, 0.4) is 0 Å². The van der Waals surface area contributed by atoms with E-state index in [1.165, 1.54) is 7.05 Å². The molecule has 1 atom stereocenters. The van der Waals surface area contributed by atoms with Gasteiger partial charge in [0.05, 0.1) is 0 Å². The number of pyridine rings is 1. The van der Waals surface area contributed by atoms with Crippen LogP contribution in [0.25, 0.3) is 11.1 Å². The molecular weight excluding hydrogens is 358 g/mol. The smallest absolute Gasteiger partial charge is 0.412 e. The average molecular weight is 385 g/mol. The molecule has 2 heterocycles. The van der Waals surface area contributed by atoms with Gasteiger partial charge >= 0.3 is 6.09 Å². The van der Waals surface area contributed by atoms with E-state index in [9.17, 15) is 9.90 Å². The van der Waals surface area contributed by atoms with E-state index < -0.39 is 11.6 Å². The van der Waals surface area contributed by atoms with Gasteiger partial charge < -0.3 is 20.3 Å². The van der Waals surface area contributed by atoms with Crippen LogP contribution in [-0.2, 0) is 6.61 Å². The predicted molar refractivity (Wildman–Crippen MR) is 108 cm³/mol. The zero-order valence-electron chi connectivity index (χ0n) is 16.7. The molecule has 150 valence electrons. The largest absolute Gasteiger partial charge is 0.492 e. The Labute approximate surface area is 165 Å². The van der Waals surface area contributed by atoms with Crippen molar-refractivity contribution < 1.29 is 19.4 Å². The first-order valence-corrected chi connectivity index (χ1v) is 9.31. The molecule has 28 heavy (non-hydrogen) atoms. The molecular formula is C21H27N3O4. The van der Waals surface area contributed by atoms with Crippen LogP contribution in [0.2, 0.25) is 0 Å². The van der Waals surface area contributed by atoms with Gasteiger partial charge in [-0.15, -0.1) is 0 Å². The van der Waals surface area contributed by atoms with Crippen molar-refractivity contribution in [2.75, 3.05) is 18.6 Å². The summed E-state index contributed by atoms with van der Waals surface area (Å²) in [6.45, 7) is 7.03. The molecule has 0 spiro atoms. The van der Waals surface area contributed by atoms with E-state index in [1.54, 1.807) is 6.20 Å². The van der Waals surface area contributed by atoms with E-state index in [1.807, 2.05) is 31.2 Å². The Hall–Kier alpha value is -2.80. The number of nitrogens with zero attached hydrogens (tertiary/aromatic N) is 2. The van der Waals surface area contributed by atoms with Gasteiger partial charge in [0.2, 0.25) is 0 Å². The number of rotatable bonds is 6. The van der Waals surface area contributed by atoms with Gasteiger partial charge in [0.25, 0.3) is 0 Å². The van der Waals surface area contributed by atoms with Gasteiger partial charge in [-0.25, -0.2) is 9.78 Å². The van der Waals surface area contributed by atoms with Gasteiger partial charge in [0, 0.05) is 29.9 Å². The zero-order chi connectivity index (χ0) is 20.5. The maximum absolute atomic E-state index is 11.3. The summed E-state index contributed by atoms with van der Waals surface area (Å²) in [7, 11) is 1.45. The van der Waals surface area contributed by atoms with E-state index in [0.717, 1.165) is 33.8 Å². The third-order valence-electron chi connectivity index (χ3n) is 4.67. The lowest BCUT2D eigenvalue weighted by Crippen LogP contribution is -2.43. The molecule has 0 bridgehead atoms. The summed E-state index contributed by atoms with van der Waals surface area (Å²) in [6, 6.07) is 7.64. The van der Waals surface area contributed by atoms with Gasteiger partial charge in [0.15, 0.2) is 11.6 Å². The molecule has 1 aromatic heterocycles. The van der Waals surface area contributed by atoms with Gasteiger partial charge in [0.1, 0.15) is 19.0 Å². The van der Waals surface area contributed by atoms with Gasteiger partial charge in [-0.3, -0.25) is 4.90 Å². The third kappa shape index (κ3) is 4.20. The Morgan fingerprint density at radius 2 is 2.14 bits per heavy atom. The van der Waals surface area contributed by atoms with Gasteiger partial charge in [-0.2, -0.15) is 0 Å². The Bertz CT molecular complexity index is 880. The highest BCUT2D eigenvalue weighted by Crippen LogP contribution is 2.43. The lowest BCUT2D eigenvalue weighted by Gasteiger charge is -2.27. The molecule has 0 aliphatic carbocycles. The summed E-state index contributed by atoms with van der Waals surface area (Å²) < 4.78 is 11.8. The zero-order valence-corrected chi connectivity index (χ0v) is 16.7. The quantitative estimate of drug-likeness (QED) is 0.783. The molecule has 3 N–H and O–H groups in total. The van der Waals surface area contributed by atoms with Crippen molar-refractivity contribution in [3.8, 4) is 22.6 Å². The maximum Gasteiger partial charge on any atom is 0.412 e. The number of aromatic nitrogens is 1. The molecule has 1 aliphatic rings. The van der Waals surface area contributed by atoms with Crippen molar-refractivity contribution in [2.24, 2.45) is 11.7 Å². The monoisotopic (exact) mass is 385 g/mol. The summed E-state index contributed by atoms with van der Waals surface area (Å²) in [5.41, 5.74) is 8.70. The molecule has 0 fully saturated rings. The SMILES string of the molecule is CC(C)C[C@](C)(N)COc1ccc2c(c1)COc1c-2ccnc1N(C)C(=O)O. The van der Waals surface area contributed by atoms with Crippen LogP contribution in [0.1, 0.15) is 32.8 Å². The Balaban J connectivity index is 1.84. The first-order valence-electron chi connectivity index (χ1n) is 9.31. The van der Waals surface area contributed by atoms with E-state index >= 15 is 0 Å². The molecule has 2 aromatic rings. The molecule has 1 amide bonds. The number of nitrogens with two attached hydrogens (primary N) is 1. The van der Waals surface area contributed by atoms with Crippen LogP contribution < -0.4 is 20.1 Å². The van der Waals surface area contributed by atoms with Crippen LogP contribution >= 0.6 is 0 Å². The molecule has 0 unspecified atom stereocenters. The predicted octanol–water partition coefficient (Wildman–Crippen LogP) is 3.90. The number of anilines is 1. The number of amides is 1. The Morgan fingerprint density at radius 3 is 2.82 bits per heavy atom. The van der Waals surface area contributed by atoms with E-state index in [2.05, 4.69) is 18.8 Å². The molecule has 0 saturated carbocycles. The Morgan fingerprint density at radius 1 is 1.39 bits per heavy atom. The Kier molecular flexibility index (Phi) is 5.47. The summed E-state index contributed by atoms with van der Waals surface area (Å²) >= 11 is 0. The molecule has 0 saturated heterocycles. The fourth-order valence-corrected chi connectivity index (χ4v) is 3.55. The molecule has 7 nitrogen and oxygen atoms in total. The first kappa shape index (κ1) is 19.9. The fourth-order valence-electron chi connectivity index (χ4n) is 3.55. The van der Waals surface area contributed by atoms with Crippen LogP contribution in [-0.4, -0.2) is 35.4 Å². The topological polar surface area (TPSA) is 97.9 Å². The fraction of sp³-hybridized carbons (Fsp3) is 0.429. The summed E-state index contributed by atoms with van der Waals surface area (Å²) in [5, 5.41) is 9.25. The minimum absolute atomic E-state index is 0.281. The standard InChI is InChI=1S/C21H27N3O4/c1-13(2)10-21(3,22)12-28-15-5-6-16-14(9-15)11-27-18-17(16)7-8-23-19(18)24(4)20(25)26/h5-9,13H,10-12,22H2,1-4H3,(H,25,26)/t21-/m0/s1. The second-order valence-corrected chi connectivity index (χ2v) is 8.00. The van der Waals surface area contributed by atoms with Crippen LogP contribution in [0.5, 0.6) is 11.5 Å². The number of hydrogen-bond acceptors (Lipinski definition) is 5. The first-order chi connectivity index (χ1) is 13.2. The van der Waals surface area contributed by atoms with Crippen LogP contribution in [0.15, 0.2) is 30.5 Å². The number of fused-ring (bicyclic) bond motifs is 3. The van der Waals surface area contributed by atoms with Crippen molar-refractivity contribution in [1.82, 2.24) is 4.98 Å². The van der Waals surface area contributed by atoms with Crippen molar-refractivity contribution in [3.05, 3.63) is 36.0 Å². The highest BCUT2D eigenvalue weighted by atomic mass is 16.5. The lowest BCUT2D eigenvalue weighted by molar-refractivity contribution is 0.202. The van der Waals surface area contributed by atoms with Crippen molar-refractivity contribution in [3.63, 3.8) is 0 Å². The summed E-state index contributed by atoms with van der Waals surface area (Å²) in [4.78, 5) is 16.5. The number of ether oxygens (including phenoxy) is 2. The third-order valence-corrected chi connectivity index (χ3v) is 4.67. The molecule has 1 aromatic carbocycles. The second kappa shape index (κ2) is 7.67. The number of benzene rings is 1. The average Bonchev–Trinajstić information content (AvgIpc) is 2.63. The normalized spacial score (nSPS) is 14.5. The van der Waals surface area contributed by atoms with Crippen molar-refractivity contribution in [2.45, 2.75) is 39.3 Å².